The number of amides is 2. The molecule has 0 atom stereocenters. The minimum absolute atomic E-state index is 0.581. The average molecular weight is 203 g/mol. The zero-order chi connectivity index (χ0) is 10.7. The first-order valence-corrected chi connectivity index (χ1v) is 4.28. The van der Waals surface area contributed by atoms with Crippen molar-refractivity contribution in [3.63, 3.8) is 0 Å². The fourth-order valence-corrected chi connectivity index (χ4v) is 1.20. The van der Waals surface area contributed by atoms with E-state index < -0.39 is 6.03 Å². The highest BCUT2D eigenvalue weighted by Gasteiger charge is 2.00. The molecule has 0 bridgehead atoms. The van der Waals surface area contributed by atoms with Gasteiger partial charge >= 0.3 is 6.03 Å². The van der Waals surface area contributed by atoms with Gasteiger partial charge in [-0.3, -0.25) is 5.10 Å². The van der Waals surface area contributed by atoms with Gasteiger partial charge < -0.3 is 11.1 Å². The third kappa shape index (κ3) is 2.11. The van der Waals surface area contributed by atoms with E-state index in [4.69, 9.17) is 5.73 Å². The van der Waals surface area contributed by atoms with E-state index in [1.165, 1.54) is 6.33 Å². The number of carbonyl (C=O) groups excluding carboxylic acids is 1. The van der Waals surface area contributed by atoms with Crippen LogP contribution in [0.1, 0.15) is 0 Å². The second kappa shape index (κ2) is 3.79. The molecule has 15 heavy (non-hydrogen) atoms. The van der Waals surface area contributed by atoms with Crippen LogP contribution in [0.5, 0.6) is 0 Å². The van der Waals surface area contributed by atoms with Gasteiger partial charge in [-0.05, 0) is 24.3 Å². The number of anilines is 1. The average Bonchev–Trinajstić information content (AvgIpc) is 2.71. The molecule has 2 rings (SSSR count). The highest BCUT2D eigenvalue weighted by molar-refractivity contribution is 5.88. The lowest BCUT2D eigenvalue weighted by atomic mass is 10.2. The van der Waals surface area contributed by atoms with E-state index in [9.17, 15) is 4.79 Å². The van der Waals surface area contributed by atoms with Crippen LogP contribution in [-0.2, 0) is 0 Å². The van der Waals surface area contributed by atoms with Crippen molar-refractivity contribution in [3.8, 4) is 11.4 Å². The number of nitrogens with two attached hydrogens (primary N) is 1. The molecular weight excluding hydrogens is 194 g/mol. The van der Waals surface area contributed by atoms with Crippen LogP contribution < -0.4 is 11.1 Å². The van der Waals surface area contributed by atoms with E-state index in [0.29, 0.717) is 11.5 Å². The number of carbonyl (C=O) groups is 1. The largest absolute Gasteiger partial charge is 0.351 e. The number of nitrogens with one attached hydrogen (secondary N) is 2. The summed E-state index contributed by atoms with van der Waals surface area (Å²) in [5.74, 6) is 0.681. The van der Waals surface area contributed by atoms with Gasteiger partial charge in [0.25, 0.3) is 0 Å². The molecule has 1 aromatic carbocycles. The molecule has 1 heterocycles. The molecule has 6 heteroatoms. The number of primary amides is 1. The Bertz CT molecular complexity index is 448. The summed E-state index contributed by atoms with van der Waals surface area (Å²) in [6.07, 6.45) is 1.44. The molecule has 0 fully saturated rings. The van der Waals surface area contributed by atoms with Crippen molar-refractivity contribution in [2.75, 3.05) is 5.32 Å². The minimum Gasteiger partial charge on any atom is -0.351 e. The summed E-state index contributed by atoms with van der Waals surface area (Å²) in [5.41, 5.74) is 6.51. The standard InChI is InChI=1S/C9H9N5O/c10-9(15)13-7-3-1-6(2-4-7)8-11-5-12-14-8/h1-5H,(H3,10,13,15)(H,11,12,14). The van der Waals surface area contributed by atoms with Crippen molar-refractivity contribution in [2.24, 2.45) is 5.73 Å². The normalized spacial score (nSPS) is 9.87. The monoisotopic (exact) mass is 203 g/mol. The van der Waals surface area contributed by atoms with Crippen LogP contribution in [-0.4, -0.2) is 21.2 Å². The molecule has 0 unspecified atom stereocenters. The number of rotatable bonds is 2. The van der Waals surface area contributed by atoms with Crippen molar-refractivity contribution in [1.82, 2.24) is 15.2 Å². The Kier molecular flexibility index (Phi) is 2.32. The number of aromatic nitrogens is 3. The number of nitrogens with zero attached hydrogens (tertiary/aromatic N) is 2. The Labute approximate surface area is 85.5 Å². The number of urea groups is 1. The second-order valence-electron chi connectivity index (χ2n) is 2.90. The molecule has 2 aromatic rings. The molecule has 0 radical (unpaired) electrons. The van der Waals surface area contributed by atoms with Gasteiger partial charge in [-0.2, -0.15) is 5.10 Å². The summed E-state index contributed by atoms with van der Waals surface area (Å²) in [5, 5.41) is 8.95. The smallest absolute Gasteiger partial charge is 0.316 e. The third-order valence-electron chi connectivity index (χ3n) is 1.84. The fraction of sp³-hybridized carbons (Fsp3) is 0. The van der Waals surface area contributed by atoms with Gasteiger partial charge in [0.15, 0.2) is 5.82 Å². The van der Waals surface area contributed by atoms with Crippen molar-refractivity contribution in [3.05, 3.63) is 30.6 Å². The van der Waals surface area contributed by atoms with Crippen LogP contribution in [0.3, 0.4) is 0 Å². The molecule has 1 aromatic heterocycles. The number of aromatic amines is 1. The molecule has 6 nitrogen and oxygen atoms in total. The summed E-state index contributed by atoms with van der Waals surface area (Å²) in [6, 6.07) is 6.52. The molecule has 0 spiro atoms. The van der Waals surface area contributed by atoms with E-state index >= 15 is 0 Å². The summed E-state index contributed by atoms with van der Waals surface area (Å²) in [6.45, 7) is 0. The van der Waals surface area contributed by atoms with E-state index in [1.54, 1.807) is 12.1 Å². The molecular formula is C9H9N5O. The molecule has 0 aliphatic heterocycles. The second-order valence-corrected chi connectivity index (χ2v) is 2.90. The van der Waals surface area contributed by atoms with Gasteiger partial charge in [-0.15, -0.1) is 0 Å². The molecule has 0 saturated heterocycles. The maximum atomic E-state index is 10.6. The van der Waals surface area contributed by atoms with Gasteiger partial charge in [0.05, 0.1) is 0 Å². The maximum Gasteiger partial charge on any atom is 0.316 e. The first-order valence-electron chi connectivity index (χ1n) is 4.28. The lowest BCUT2D eigenvalue weighted by Gasteiger charge is -2.01. The molecule has 4 N–H and O–H groups in total. The number of hydrogen-bond acceptors (Lipinski definition) is 3. The Morgan fingerprint density at radius 2 is 2.07 bits per heavy atom. The molecule has 0 saturated carbocycles. The quantitative estimate of drug-likeness (QED) is 0.678. The maximum absolute atomic E-state index is 10.6. The summed E-state index contributed by atoms with van der Waals surface area (Å²) in [7, 11) is 0. The molecule has 2 amide bonds. The van der Waals surface area contributed by atoms with Crippen molar-refractivity contribution >= 4 is 11.7 Å². The predicted octanol–water partition coefficient (Wildman–Crippen LogP) is 0.962. The number of hydrogen-bond donors (Lipinski definition) is 3. The van der Waals surface area contributed by atoms with Crippen LogP contribution in [0.25, 0.3) is 11.4 Å². The van der Waals surface area contributed by atoms with E-state index in [-0.39, 0.29) is 0 Å². The van der Waals surface area contributed by atoms with Crippen LogP contribution in [0.4, 0.5) is 10.5 Å². The third-order valence-corrected chi connectivity index (χ3v) is 1.84. The summed E-state index contributed by atoms with van der Waals surface area (Å²) < 4.78 is 0. The highest BCUT2D eigenvalue weighted by Crippen LogP contribution is 2.16. The van der Waals surface area contributed by atoms with Gasteiger partial charge in [-0.1, -0.05) is 0 Å². The van der Waals surface area contributed by atoms with E-state index in [0.717, 1.165) is 5.56 Å². The first kappa shape index (κ1) is 9.20. The molecule has 76 valence electrons. The van der Waals surface area contributed by atoms with Crippen LogP contribution >= 0.6 is 0 Å². The summed E-state index contributed by atoms with van der Waals surface area (Å²) >= 11 is 0. The summed E-state index contributed by atoms with van der Waals surface area (Å²) in [4.78, 5) is 14.6. The lowest BCUT2D eigenvalue weighted by molar-refractivity contribution is 0.259. The van der Waals surface area contributed by atoms with Gasteiger partial charge in [0.1, 0.15) is 6.33 Å². The fourth-order valence-electron chi connectivity index (χ4n) is 1.20. The SMILES string of the molecule is NC(=O)Nc1ccc(-c2ncn[nH]2)cc1. The van der Waals surface area contributed by atoms with Gasteiger partial charge in [0.2, 0.25) is 0 Å². The number of H-pyrrole nitrogens is 1. The van der Waals surface area contributed by atoms with Crippen molar-refractivity contribution in [1.29, 1.82) is 0 Å². The van der Waals surface area contributed by atoms with Gasteiger partial charge in [-0.25, -0.2) is 9.78 Å². The van der Waals surface area contributed by atoms with E-state index in [1.807, 2.05) is 12.1 Å². The van der Waals surface area contributed by atoms with E-state index in [2.05, 4.69) is 20.5 Å². The minimum atomic E-state index is -0.581. The number of benzene rings is 1. The zero-order valence-corrected chi connectivity index (χ0v) is 7.77. The highest BCUT2D eigenvalue weighted by atomic mass is 16.2. The molecule has 0 aliphatic carbocycles. The van der Waals surface area contributed by atoms with Crippen LogP contribution in [0, 0.1) is 0 Å². The van der Waals surface area contributed by atoms with Crippen LogP contribution in [0.2, 0.25) is 0 Å². The predicted molar refractivity (Wildman–Crippen MR) is 55.0 cm³/mol. The van der Waals surface area contributed by atoms with Crippen molar-refractivity contribution < 1.29 is 4.79 Å². The zero-order valence-electron chi connectivity index (χ0n) is 7.77. The lowest BCUT2D eigenvalue weighted by Crippen LogP contribution is -2.19. The Morgan fingerprint density at radius 3 is 2.60 bits per heavy atom. The Balaban J connectivity index is 2.21. The Hall–Kier alpha value is -2.37. The van der Waals surface area contributed by atoms with Crippen molar-refractivity contribution in [2.45, 2.75) is 0 Å². The molecule has 0 aliphatic rings. The first-order chi connectivity index (χ1) is 7.25. The topological polar surface area (TPSA) is 96.7 Å². The Morgan fingerprint density at radius 1 is 1.33 bits per heavy atom. The van der Waals surface area contributed by atoms with Gasteiger partial charge in [0, 0.05) is 11.3 Å². The van der Waals surface area contributed by atoms with Crippen LogP contribution in [0.15, 0.2) is 30.6 Å².